The fraction of sp³-hybridized carbons (Fsp3) is 0.700. The SMILES string of the molecule is CCCn1cc(C2CC2CCl)cn1. The fourth-order valence-electron chi connectivity index (χ4n) is 1.75. The van der Waals surface area contributed by atoms with Gasteiger partial charge in [0, 0.05) is 18.6 Å². The van der Waals surface area contributed by atoms with Crippen molar-refractivity contribution in [3.8, 4) is 0 Å². The van der Waals surface area contributed by atoms with E-state index in [0.29, 0.717) is 11.8 Å². The average molecular weight is 199 g/mol. The van der Waals surface area contributed by atoms with Gasteiger partial charge in [-0.05, 0) is 30.2 Å². The van der Waals surface area contributed by atoms with Gasteiger partial charge in [-0.1, -0.05) is 6.92 Å². The van der Waals surface area contributed by atoms with Gasteiger partial charge in [-0.3, -0.25) is 4.68 Å². The lowest BCUT2D eigenvalue weighted by molar-refractivity contribution is 0.602. The standard InChI is InChI=1S/C10H15ClN2/c1-2-3-13-7-9(6-12-13)10-4-8(10)5-11/h6-8,10H,2-5H2,1H3. The van der Waals surface area contributed by atoms with E-state index in [1.54, 1.807) is 0 Å². The van der Waals surface area contributed by atoms with Crippen molar-refractivity contribution in [3.05, 3.63) is 18.0 Å². The van der Waals surface area contributed by atoms with Crippen LogP contribution in [0.2, 0.25) is 0 Å². The molecule has 0 amide bonds. The van der Waals surface area contributed by atoms with Gasteiger partial charge in [-0.2, -0.15) is 5.10 Å². The van der Waals surface area contributed by atoms with Crippen LogP contribution in [-0.2, 0) is 6.54 Å². The Bertz CT molecular complexity index is 282. The van der Waals surface area contributed by atoms with Crippen molar-refractivity contribution in [3.63, 3.8) is 0 Å². The summed E-state index contributed by atoms with van der Waals surface area (Å²) in [6.45, 7) is 3.19. The fourth-order valence-corrected chi connectivity index (χ4v) is 2.09. The second kappa shape index (κ2) is 3.70. The molecule has 1 heterocycles. The van der Waals surface area contributed by atoms with Crippen LogP contribution in [0, 0.1) is 5.92 Å². The lowest BCUT2D eigenvalue weighted by Crippen LogP contribution is -1.95. The predicted octanol–water partition coefficient (Wildman–Crippen LogP) is 2.64. The van der Waals surface area contributed by atoms with Gasteiger partial charge < -0.3 is 0 Å². The van der Waals surface area contributed by atoms with E-state index in [0.717, 1.165) is 18.8 Å². The number of rotatable bonds is 4. The molecule has 72 valence electrons. The number of nitrogens with zero attached hydrogens (tertiary/aromatic N) is 2. The maximum atomic E-state index is 5.78. The van der Waals surface area contributed by atoms with Gasteiger partial charge in [0.15, 0.2) is 0 Å². The molecule has 13 heavy (non-hydrogen) atoms. The Morgan fingerprint density at radius 2 is 2.54 bits per heavy atom. The van der Waals surface area contributed by atoms with E-state index in [9.17, 15) is 0 Å². The number of aromatic nitrogens is 2. The van der Waals surface area contributed by atoms with Gasteiger partial charge >= 0.3 is 0 Å². The molecule has 1 saturated carbocycles. The predicted molar refractivity (Wildman–Crippen MR) is 54.1 cm³/mol. The molecule has 2 rings (SSSR count). The van der Waals surface area contributed by atoms with Gasteiger partial charge in [0.2, 0.25) is 0 Å². The van der Waals surface area contributed by atoms with E-state index in [1.165, 1.54) is 12.0 Å². The summed E-state index contributed by atoms with van der Waals surface area (Å²) in [7, 11) is 0. The van der Waals surface area contributed by atoms with Crippen LogP contribution in [-0.4, -0.2) is 15.7 Å². The summed E-state index contributed by atoms with van der Waals surface area (Å²) in [5.41, 5.74) is 1.37. The first-order chi connectivity index (χ1) is 6.35. The van der Waals surface area contributed by atoms with Crippen molar-refractivity contribution in [2.75, 3.05) is 5.88 Å². The van der Waals surface area contributed by atoms with E-state index < -0.39 is 0 Å². The number of hydrogen-bond donors (Lipinski definition) is 0. The van der Waals surface area contributed by atoms with Crippen LogP contribution in [0.1, 0.15) is 31.2 Å². The third kappa shape index (κ3) is 1.88. The molecule has 2 nitrogen and oxygen atoms in total. The molecule has 2 unspecified atom stereocenters. The molecule has 0 bridgehead atoms. The Hall–Kier alpha value is -0.500. The van der Waals surface area contributed by atoms with E-state index in [4.69, 9.17) is 11.6 Å². The molecular formula is C10H15ClN2. The van der Waals surface area contributed by atoms with Crippen LogP contribution in [0.3, 0.4) is 0 Å². The smallest absolute Gasteiger partial charge is 0.0524 e. The molecule has 0 saturated heterocycles. The van der Waals surface area contributed by atoms with Crippen molar-refractivity contribution >= 4 is 11.6 Å². The highest BCUT2D eigenvalue weighted by molar-refractivity contribution is 6.18. The van der Waals surface area contributed by atoms with Crippen molar-refractivity contribution in [1.82, 2.24) is 9.78 Å². The normalized spacial score (nSPS) is 26.3. The maximum Gasteiger partial charge on any atom is 0.0524 e. The lowest BCUT2D eigenvalue weighted by Gasteiger charge is -1.95. The highest BCUT2D eigenvalue weighted by atomic mass is 35.5. The topological polar surface area (TPSA) is 17.8 Å². The van der Waals surface area contributed by atoms with E-state index in [-0.39, 0.29) is 0 Å². The molecule has 3 heteroatoms. The van der Waals surface area contributed by atoms with Crippen molar-refractivity contribution in [2.45, 2.75) is 32.2 Å². The number of hydrogen-bond acceptors (Lipinski definition) is 1. The second-order valence-electron chi connectivity index (χ2n) is 3.79. The van der Waals surface area contributed by atoms with Gasteiger partial charge in [-0.15, -0.1) is 11.6 Å². The summed E-state index contributed by atoms with van der Waals surface area (Å²) in [6, 6.07) is 0. The highest BCUT2D eigenvalue weighted by Crippen LogP contribution is 2.47. The van der Waals surface area contributed by atoms with E-state index in [2.05, 4.69) is 18.2 Å². The minimum absolute atomic E-state index is 0.697. The molecule has 0 radical (unpaired) electrons. The van der Waals surface area contributed by atoms with Gasteiger partial charge in [0.1, 0.15) is 0 Å². The molecule has 0 spiro atoms. The quantitative estimate of drug-likeness (QED) is 0.681. The highest BCUT2D eigenvalue weighted by Gasteiger charge is 2.38. The molecule has 1 fully saturated rings. The summed E-state index contributed by atoms with van der Waals surface area (Å²) >= 11 is 5.78. The summed E-state index contributed by atoms with van der Waals surface area (Å²) < 4.78 is 2.03. The van der Waals surface area contributed by atoms with E-state index >= 15 is 0 Å². The molecular weight excluding hydrogens is 184 g/mol. The first-order valence-electron chi connectivity index (χ1n) is 4.93. The number of aryl methyl sites for hydroxylation is 1. The molecule has 2 atom stereocenters. The van der Waals surface area contributed by atoms with Gasteiger partial charge in [-0.25, -0.2) is 0 Å². The minimum atomic E-state index is 0.697. The molecule has 0 aliphatic heterocycles. The second-order valence-corrected chi connectivity index (χ2v) is 4.10. The Balaban J connectivity index is 1.98. The van der Waals surface area contributed by atoms with Crippen molar-refractivity contribution < 1.29 is 0 Å². The summed E-state index contributed by atoms with van der Waals surface area (Å²) in [5, 5.41) is 4.31. The van der Waals surface area contributed by atoms with E-state index in [1.807, 2.05) is 10.9 Å². The maximum absolute atomic E-state index is 5.78. The number of alkyl halides is 1. The van der Waals surface area contributed by atoms with Crippen LogP contribution in [0.4, 0.5) is 0 Å². The Morgan fingerprint density at radius 1 is 1.69 bits per heavy atom. The zero-order chi connectivity index (χ0) is 9.26. The van der Waals surface area contributed by atoms with Crippen molar-refractivity contribution in [2.24, 2.45) is 5.92 Å². The van der Waals surface area contributed by atoms with Crippen LogP contribution >= 0.6 is 11.6 Å². The molecule has 1 aromatic heterocycles. The molecule has 0 aromatic carbocycles. The molecule has 1 aliphatic carbocycles. The van der Waals surface area contributed by atoms with Crippen LogP contribution in [0.15, 0.2) is 12.4 Å². The van der Waals surface area contributed by atoms with Gasteiger partial charge in [0.25, 0.3) is 0 Å². The largest absolute Gasteiger partial charge is 0.272 e. The first-order valence-corrected chi connectivity index (χ1v) is 5.47. The van der Waals surface area contributed by atoms with Crippen molar-refractivity contribution in [1.29, 1.82) is 0 Å². The zero-order valence-electron chi connectivity index (χ0n) is 7.91. The Kier molecular flexibility index (Phi) is 2.58. The molecule has 1 aromatic rings. The van der Waals surface area contributed by atoms with Crippen LogP contribution < -0.4 is 0 Å². The minimum Gasteiger partial charge on any atom is -0.272 e. The summed E-state index contributed by atoms with van der Waals surface area (Å²) in [4.78, 5) is 0. The molecule has 1 aliphatic rings. The van der Waals surface area contributed by atoms with Crippen LogP contribution in [0.5, 0.6) is 0 Å². The summed E-state index contributed by atoms with van der Waals surface area (Å²) in [5.74, 6) is 2.20. The third-order valence-electron chi connectivity index (χ3n) is 2.65. The Labute approximate surface area is 83.9 Å². The molecule has 0 N–H and O–H groups in total. The Morgan fingerprint density at radius 3 is 3.15 bits per heavy atom. The monoisotopic (exact) mass is 198 g/mol. The lowest BCUT2D eigenvalue weighted by atomic mass is 10.2. The average Bonchev–Trinajstić information content (AvgIpc) is 2.80. The first kappa shape index (κ1) is 9.07. The zero-order valence-corrected chi connectivity index (χ0v) is 8.67. The van der Waals surface area contributed by atoms with Crippen LogP contribution in [0.25, 0.3) is 0 Å². The van der Waals surface area contributed by atoms with Gasteiger partial charge in [0.05, 0.1) is 6.20 Å². The number of halogens is 1. The summed E-state index contributed by atoms with van der Waals surface area (Å²) in [6.07, 6.45) is 6.56. The third-order valence-corrected chi connectivity index (χ3v) is 3.05.